The number of nitrogens with one attached hydrogen (secondary N) is 3. The lowest BCUT2D eigenvalue weighted by molar-refractivity contribution is -0.143. The number of hydrogen-bond acceptors (Lipinski definition) is 4. The van der Waals surface area contributed by atoms with Crippen LogP contribution in [0.4, 0.5) is 0 Å². The van der Waals surface area contributed by atoms with E-state index in [1.54, 1.807) is 6.92 Å². The lowest BCUT2D eigenvalue weighted by Crippen LogP contribution is -2.47. The Morgan fingerprint density at radius 1 is 1.23 bits per heavy atom. The predicted octanol–water partition coefficient (Wildman–Crippen LogP) is 1.67. The van der Waals surface area contributed by atoms with Gasteiger partial charge < -0.3 is 20.4 Å². The number of rotatable bonds is 9. The molecule has 1 heterocycles. The molecule has 7 heteroatoms. The summed E-state index contributed by atoms with van der Waals surface area (Å²) >= 11 is 0. The van der Waals surface area contributed by atoms with E-state index in [-0.39, 0.29) is 24.2 Å². The van der Waals surface area contributed by atoms with E-state index in [4.69, 9.17) is 4.74 Å². The summed E-state index contributed by atoms with van der Waals surface area (Å²) in [4.78, 5) is 38.4. The molecule has 140 valence electrons. The van der Waals surface area contributed by atoms with Gasteiger partial charge in [0.2, 0.25) is 11.8 Å². The Kier molecular flexibility index (Phi) is 7.20. The van der Waals surface area contributed by atoms with Gasteiger partial charge in [-0.3, -0.25) is 14.4 Å². The summed E-state index contributed by atoms with van der Waals surface area (Å²) in [6, 6.07) is 7.13. The maximum Gasteiger partial charge on any atom is 0.305 e. The molecule has 7 nitrogen and oxygen atoms in total. The van der Waals surface area contributed by atoms with Gasteiger partial charge in [-0.2, -0.15) is 0 Å². The number of para-hydroxylation sites is 1. The third kappa shape index (κ3) is 5.61. The second-order valence-corrected chi connectivity index (χ2v) is 6.02. The van der Waals surface area contributed by atoms with Gasteiger partial charge >= 0.3 is 5.97 Å². The van der Waals surface area contributed by atoms with Crippen molar-refractivity contribution >= 4 is 28.7 Å². The molecular formula is C19H25N3O4. The summed E-state index contributed by atoms with van der Waals surface area (Å²) in [5, 5.41) is 6.50. The first-order chi connectivity index (χ1) is 12.5. The average Bonchev–Trinajstić information content (AvgIpc) is 3.01. The van der Waals surface area contributed by atoms with Crippen LogP contribution in [0.25, 0.3) is 10.9 Å². The summed E-state index contributed by atoms with van der Waals surface area (Å²) in [6.07, 6.45) is 2.98. The molecule has 2 amide bonds. The maximum absolute atomic E-state index is 12.5. The Balaban J connectivity index is 1.94. The van der Waals surface area contributed by atoms with Crippen LogP contribution in [0.15, 0.2) is 30.5 Å². The minimum Gasteiger partial charge on any atom is -0.466 e. The normalized spacial score (nSPS) is 11.8. The molecule has 0 spiro atoms. The Morgan fingerprint density at radius 3 is 2.73 bits per heavy atom. The molecule has 1 atom stereocenters. The number of esters is 1. The topological polar surface area (TPSA) is 100 Å². The van der Waals surface area contributed by atoms with E-state index >= 15 is 0 Å². The zero-order valence-corrected chi connectivity index (χ0v) is 15.1. The monoisotopic (exact) mass is 359 g/mol. The molecule has 0 fully saturated rings. The van der Waals surface area contributed by atoms with E-state index in [1.165, 1.54) is 6.92 Å². The fourth-order valence-corrected chi connectivity index (χ4v) is 2.78. The third-order valence-corrected chi connectivity index (χ3v) is 3.96. The van der Waals surface area contributed by atoms with Crippen LogP contribution in [-0.4, -0.2) is 42.0 Å². The van der Waals surface area contributed by atoms with E-state index in [2.05, 4.69) is 15.6 Å². The zero-order valence-electron chi connectivity index (χ0n) is 15.1. The largest absolute Gasteiger partial charge is 0.466 e. The number of carbonyl (C=O) groups is 3. The predicted molar refractivity (Wildman–Crippen MR) is 98.5 cm³/mol. The van der Waals surface area contributed by atoms with Gasteiger partial charge in [-0.15, -0.1) is 0 Å². The molecule has 1 aromatic carbocycles. The van der Waals surface area contributed by atoms with Crippen molar-refractivity contribution in [1.82, 2.24) is 15.6 Å². The van der Waals surface area contributed by atoms with Crippen molar-refractivity contribution in [3.8, 4) is 0 Å². The molecule has 0 aliphatic heterocycles. The van der Waals surface area contributed by atoms with Crippen LogP contribution >= 0.6 is 0 Å². The first-order valence-electron chi connectivity index (χ1n) is 8.76. The number of fused-ring (bicyclic) bond motifs is 1. The molecule has 0 radical (unpaired) electrons. The van der Waals surface area contributed by atoms with Gasteiger partial charge in [-0.05, 0) is 25.0 Å². The van der Waals surface area contributed by atoms with Crippen LogP contribution in [0.3, 0.4) is 0 Å². The molecule has 1 aromatic heterocycles. The number of amides is 2. The van der Waals surface area contributed by atoms with Crippen LogP contribution in [0, 0.1) is 0 Å². The van der Waals surface area contributed by atoms with Crippen molar-refractivity contribution in [2.45, 2.75) is 39.2 Å². The Hall–Kier alpha value is -2.83. The molecule has 26 heavy (non-hydrogen) atoms. The van der Waals surface area contributed by atoms with Gasteiger partial charge in [0.25, 0.3) is 0 Å². The molecule has 2 aromatic rings. The summed E-state index contributed by atoms with van der Waals surface area (Å²) in [6.45, 7) is 3.83. The van der Waals surface area contributed by atoms with Crippen LogP contribution < -0.4 is 10.6 Å². The lowest BCUT2D eigenvalue weighted by atomic mass is 10.0. The summed E-state index contributed by atoms with van der Waals surface area (Å²) < 4.78 is 4.85. The van der Waals surface area contributed by atoms with E-state index in [9.17, 15) is 14.4 Å². The van der Waals surface area contributed by atoms with Gasteiger partial charge in [0.1, 0.15) is 6.04 Å². The molecule has 1 unspecified atom stereocenters. The number of benzene rings is 1. The van der Waals surface area contributed by atoms with Crippen LogP contribution in [-0.2, 0) is 25.5 Å². The van der Waals surface area contributed by atoms with Gasteiger partial charge in [0.05, 0.1) is 6.61 Å². The SMILES string of the molecule is CCOC(=O)CCCNC(=O)C(Cc1c[nH]c2ccccc12)NC(C)=O. The summed E-state index contributed by atoms with van der Waals surface area (Å²) in [5.41, 5.74) is 1.94. The van der Waals surface area contributed by atoms with Crippen molar-refractivity contribution in [2.75, 3.05) is 13.2 Å². The highest BCUT2D eigenvalue weighted by Gasteiger charge is 2.21. The second-order valence-electron chi connectivity index (χ2n) is 6.02. The van der Waals surface area contributed by atoms with Crippen molar-refractivity contribution < 1.29 is 19.1 Å². The zero-order chi connectivity index (χ0) is 18.9. The minimum absolute atomic E-state index is 0.251. The van der Waals surface area contributed by atoms with Crippen molar-refractivity contribution in [3.63, 3.8) is 0 Å². The molecule has 0 saturated carbocycles. The van der Waals surface area contributed by atoms with Gasteiger partial charge in [0, 0.05) is 43.4 Å². The Labute approximate surface area is 152 Å². The van der Waals surface area contributed by atoms with Crippen LogP contribution in [0.1, 0.15) is 32.3 Å². The van der Waals surface area contributed by atoms with E-state index in [0.717, 1.165) is 16.5 Å². The van der Waals surface area contributed by atoms with Gasteiger partial charge in [0.15, 0.2) is 0 Å². The standard InChI is InChI=1S/C19H25N3O4/c1-3-26-18(24)9-6-10-20-19(25)17(22-13(2)23)11-14-12-21-16-8-5-4-7-15(14)16/h4-5,7-8,12,17,21H,3,6,9-11H2,1-2H3,(H,20,25)(H,22,23). The number of hydrogen-bond donors (Lipinski definition) is 3. The quantitative estimate of drug-likeness (QED) is 0.468. The molecule has 2 rings (SSSR count). The number of aromatic nitrogens is 1. The molecular weight excluding hydrogens is 334 g/mol. The minimum atomic E-state index is -0.672. The van der Waals surface area contributed by atoms with Crippen molar-refractivity contribution in [2.24, 2.45) is 0 Å². The lowest BCUT2D eigenvalue weighted by Gasteiger charge is -2.17. The first-order valence-corrected chi connectivity index (χ1v) is 8.76. The summed E-state index contributed by atoms with van der Waals surface area (Å²) in [7, 11) is 0. The number of aromatic amines is 1. The van der Waals surface area contributed by atoms with Crippen LogP contribution in [0.2, 0.25) is 0 Å². The van der Waals surface area contributed by atoms with E-state index in [1.807, 2.05) is 30.5 Å². The van der Waals surface area contributed by atoms with E-state index in [0.29, 0.717) is 26.0 Å². The molecule has 0 aliphatic carbocycles. The molecule has 0 saturated heterocycles. The molecule has 0 bridgehead atoms. The summed E-state index contributed by atoms with van der Waals surface area (Å²) in [5.74, 6) is -0.815. The highest BCUT2D eigenvalue weighted by molar-refractivity contribution is 5.89. The smallest absolute Gasteiger partial charge is 0.305 e. The van der Waals surface area contributed by atoms with Crippen LogP contribution in [0.5, 0.6) is 0 Å². The second kappa shape index (κ2) is 9.60. The number of carbonyl (C=O) groups excluding carboxylic acids is 3. The fourth-order valence-electron chi connectivity index (χ4n) is 2.78. The number of ether oxygens (including phenoxy) is 1. The highest BCUT2D eigenvalue weighted by atomic mass is 16.5. The van der Waals surface area contributed by atoms with Crippen molar-refractivity contribution in [3.05, 3.63) is 36.0 Å². The molecule has 3 N–H and O–H groups in total. The highest BCUT2D eigenvalue weighted by Crippen LogP contribution is 2.19. The average molecular weight is 359 g/mol. The first kappa shape index (κ1) is 19.5. The van der Waals surface area contributed by atoms with Gasteiger partial charge in [-0.1, -0.05) is 18.2 Å². The number of H-pyrrole nitrogens is 1. The third-order valence-electron chi connectivity index (χ3n) is 3.96. The Morgan fingerprint density at radius 2 is 2.00 bits per heavy atom. The molecule has 0 aliphatic rings. The van der Waals surface area contributed by atoms with Crippen molar-refractivity contribution in [1.29, 1.82) is 0 Å². The fraction of sp³-hybridized carbons (Fsp3) is 0.421. The maximum atomic E-state index is 12.5. The van der Waals surface area contributed by atoms with Gasteiger partial charge in [-0.25, -0.2) is 0 Å². The van der Waals surface area contributed by atoms with E-state index < -0.39 is 6.04 Å². The Bertz CT molecular complexity index is 769.